The van der Waals surface area contributed by atoms with Gasteiger partial charge in [0, 0.05) is 38.6 Å². The van der Waals surface area contributed by atoms with E-state index in [2.05, 4.69) is 25.6 Å². The molecule has 11 nitrogen and oxygen atoms in total. The van der Waals surface area contributed by atoms with Crippen LogP contribution in [0.5, 0.6) is 0 Å². The topological polar surface area (TPSA) is 139 Å². The molecule has 4 heterocycles. The van der Waals surface area contributed by atoms with Gasteiger partial charge in [0.05, 0.1) is 6.33 Å². The summed E-state index contributed by atoms with van der Waals surface area (Å²) in [5.41, 5.74) is 1.71. The molecule has 0 bridgehead atoms. The van der Waals surface area contributed by atoms with Crippen LogP contribution in [-0.2, 0) is 16.6 Å². The van der Waals surface area contributed by atoms with Crippen molar-refractivity contribution in [2.75, 3.05) is 18.9 Å². The van der Waals surface area contributed by atoms with Gasteiger partial charge in [-0.15, -0.1) is 0 Å². The van der Waals surface area contributed by atoms with Gasteiger partial charge in [0.25, 0.3) is 5.91 Å². The maximum Gasteiger partial charge on any atom is 0.252 e. The number of ether oxygens (including phenoxy) is 1. The number of aliphatic hydroxyl groups excluding tert-OH is 2. The molecule has 0 aliphatic carbocycles. The number of rotatable bonds is 5. The van der Waals surface area contributed by atoms with Crippen molar-refractivity contribution in [3.8, 4) is 11.4 Å². The molecule has 0 radical (unpaired) electrons. The van der Waals surface area contributed by atoms with Crippen molar-refractivity contribution >= 4 is 22.9 Å². The third-order valence-corrected chi connectivity index (χ3v) is 4.87. The van der Waals surface area contributed by atoms with Crippen molar-refractivity contribution in [1.29, 1.82) is 0 Å². The SMILES string of the molecule is CCNC(=O)[C@H]1O[C@@H](n2cnc3c(NC)nc(-c4ccn(C)c4)nc32)[C@H](O)[C@@H]1O. The van der Waals surface area contributed by atoms with Crippen molar-refractivity contribution in [2.24, 2.45) is 7.05 Å². The molecule has 3 aromatic rings. The molecule has 1 aliphatic heterocycles. The number of aliphatic hydroxyl groups is 2. The summed E-state index contributed by atoms with van der Waals surface area (Å²) in [5.74, 6) is 0.500. The molecule has 154 valence electrons. The molecule has 0 unspecified atom stereocenters. The molecule has 0 aromatic carbocycles. The second kappa shape index (κ2) is 7.43. The number of aromatic nitrogens is 5. The number of amides is 1. The highest BCUT2D eigenvalue weighted by atomic mass is 16.6. The number of nitrogens with one attached hydrogen (secondary N) is 2. The Bertz CT molecular complexity index is 1050. The highest BCUT2D eigenvalue weighted by Crippen LogP contribution is 2.33. The van der Waals surface area contributed by atoms with Crippen LogP contribution >= 0.6 is 0 Å². The first-order chi connectivity index (χ1) is 13.9. The predicted octanol–water partition coefficient (Wildman–Crippen LogP) is -0.371. The van der Waals surface area contributed by atoms with Crippen LogP contribution in [0.1, 0.15) is 13.2 Å². The van der Waals surface area contributed by atoms with Crippen LogP contribution in [0.15, 0.2) is 24.8 Å². The fraction of sp³-hybridized carbons (Fsp3) is 0.444. The number of carbonyl (C=O) groups is 1. The Kier molecular flexibility index (Phi) is 4.94. The number of likely N-dealkylation sites (N-methyl/N-ethyl adjacent to an activating group) is 1. The molecule has 4 rings (SSSR count). The molecule has 1 aliphatic rings. The third-order valence-electron chi connectivity index (χ3n) is 4.87. The first-order valence-corrected chi connectivity index (χ1v) is 9.28. The van der Waals surface area contributed by atoms with Gasteiger partial charge in [-0.25, -0.2) is 15.0 Å². The van der Waals surface area contributed by atoms with Gasteiger partial charge < -0.3 is 30.2 Å². The summed E-state index contributed by atoms with van der Waals surface area (Å²) in [5, 5.41) is 26.4. The first-order valence-electron chi connectivity index (χ1n) is 9.28. The number of nitrogens with zero attached hydrogens (tertiary/aromatic N) is 5. The highest BCUT2D eigenvalue weighted by molar-refractivity contribution is 5.85. The lowest BCUT2D eigenvalue weighted by Gasteiger charge is -2.16. The highest BCUT2D eigenvalue weighted by Gasteiger charge is 2.47. The summed E-state index contributed by atoms with van der Waals surface area (Å²) < 4.78 is 9.10. The predicted molar refractivity (Wildman–Crippen MR) is 104 cm³/mol. The van der Waals surface area contributed by atoms with Crippen molar-refractivity contribution in [3.05, 3.63) is 24.8 Å². The Morgan fingerprint density at radius 2 is 2.10 bits per heavy atom. The van der Waals surface area contributed by atoms with Crippen LogP contribution in [0, 0.1) is 0 Å². The Hall–Kier alpha value is -3.02. The minimum atomic E-state index is -1.37. The van der Waals surface area contributed by atoms with E-state index < -0.39 is 30.4 Å². The number of hydrogen-bond donors (Lipinski definition) is 4. The largest absolute Gasteiger partial charge is 0.387 e. The van der Waals surface area contributed by atoms with E-state index in [9.17, 15) is 15.0 Å². The molecule has 1 fully saturated rings. The first kappa shape index (κ1) is 19.3. The van der Waals surface area contributed by atoms with Crippen molar-refractivity contribution in [1.82, 2.24) is 29.4 Å². The number of hydrogen-bond acceptors (Lipinski definition) is 8. The van der Waals surface area contributed by atoms with Gasteiger partial charge in [-0.3, -0.25) is 9.36 Å². The van der Waals surface area contributed by atoms with Gasteiger partial charge >= 0.3 is 0 Å². The van der Waals surface area contributed by atoms with E-state index >= 15 is 0 Å². The van der Waals surface area contributed by atoms with Gasteiger partial charge in [0.15, 0.2) is 35.1 Å². The molecule has 0 spiro atoms. The summed E-state index contributed by atoms with van der Waals surface area (Å²) >= 11 is 0. The summed E-state index contributed by atoms with van der Waals surface area (Å²) in [4.78, 5) is 25.6. The smallest absolute Gasteiger partial charge is 0.252 e. The second-order valence-corrected chi connectivity index (χ2v) is 6.86. The maximum atomic E-state index is 12.2. The number of fused-ring (bicyclic) bond motifs is 1. The fourth-order valence-electron chi connectivity index (χ4n) is 3.42. The van der Waals surface area contributed by atoms with Crippen LogP contribution < -0.4 is 10.6 Å². The Morgan fingerprint density at radius 1 is 1.31 bits per heavy atom. The number of anilines is 1. The average Bonchev–Trinajstić information content (AvgIpc) is 3.40. The summed E-state index contributed by atoms with van der Waals surface area (Å²) in [7, 11) is 3.63. The summed E-state index contributed by atoms with van der Waals surface area (Å²) in [6.07, 6.45) is 0.317. The number of aryl methyl sites for hydroxylation is 1. The van der Waals surface area contributed by atoms with Crippen molar-refractivity contribution in [3.63, 3.8) is 0 Å². The molecule has 0 saturated carbocycles. The molecule has 4 N–H and O–H groups in total. The van der Waals surface area contributed by atoms with E-state index in [-0.39, 0.29) is 0 Å². The molecule has 11 heteroatoms. The monoisotopic (exact) mass is 401 g/mol. The zero-order valence-corrected chi connectivity index (χ0v) is 16.3. The Morgan fingerprint density at radius 3 is 2.76 bits per heavy atom. The maximum absolute atomic E-state index is 12.2. The summed E-state index contributed by atoms with van der Waals surface area (Å²) in [6.45, 7) is 2.15. The van der Waals surface area contributed by atoms with Gasteiger partial charge in [-0.05, 0) is 13.0 Å². The zero-order valence-electron chi connectivity index (χ0n) is 16.3. The minimum Gasteiger partial charge on any atom is -0.387 e. The minimum absolute atomic E-state index is 0.388. The van der Waals surface area contributed by atoms with E-state index in [1.54, 1.807) is 14.0 Å². The number of imidazole rings is 1. The van der Waals surface area contributed by atoms with Crippen LogP contribution in [0.2, 0.25) is 0 Å². The van der Waals surface area contributed by atoms with Crippen molar-refractivity contribution in [2.45, 2.75) is 31.5 Å². The van der Waals surface area contributed by atoms with E-state index in [4.69, 9.17) is 4.74 Å². The lowest BCUT2D eigenvalue weighted by molar-refractivity contribution is -0.137. The second-order valence-electron chi connectivity index (χ2n) is 6.86. The summed E-state index contributed by atoms with van der Waals surface area (Å²) in [6, 6.07) is 1.89. The van der Waals surface area contributed by atoms with Gasteiger partial charge in [0.2, 0.25) is 0 Å². The van der Waals surface area contributed by atoms with Gasteiger partial charge in [-0.1, -0.05) is 0 Å². The lowest BCUT2D eigenvalue weighted by Crippen LogP contribution is -2.42. The van der Waals surface area contributed by atoms with Crippen molar-refractivity contribution < 1.29 is 19.7 Å². The zero-order chi connectivity index (χ0) is 20.7. The molecular formula is C18H23N7O4. The van der Waals surface area contributed by atoms with Gasteiger partial charge in [-0.2, -0.15) is 0 Å². The van der Waals surface area contributed by atoms with E-state index in [1.807, 2.05) is 30.1 Å². The normalized spacial score (nSPS) is 24.2. The molecule has 29 heavy (non-hydrogen) atoms. The number of carbonyl (C=O) groups excluding carboxylic acids is 1. The molecule has 1 amide bonds. The molecule has 3 aromatic heterocycles. The Labute approximate surface area is 166 Å². The van der Waals surface area contributed by atoms with E-state index in [0.717, 1.165) is 5.56 Å². The fourth-order valence-corrected chi connectivity index (χ4v) is 3.42. The van der Waals surface area contributed by atoms with E-state index in [1.165, 1.54) is 10.9 Å². The quantitative estimate of drug-likeness (QED) is 0.454. The average molecular weight is 401 g/mol. The van der Waals surface area contributed by atoms with Crippen LogP contribution in [0.25, 0.3) is 22.6 Å². The standard InChI is InChI=1S/C18H23N7O4/c1-4-20-17(28)13-11(26)12(27)18(29-13)25-8-21-10-15(19-2)22-14(23-16(10)25)9-5-6-24(3)7-9/h5-8,11-13,18,26-27H,4H2,1-3H3,(H,20,28)(H,19,22,23)/t11-,12+,13-,18+/m0/s1. The molecule has 1 saturated heterocycles. The molecule has 4 atom stereocenters. The van der Waals surface area contributed by atoms with Crippen LogP contribution in [-0.4, -0.2) is 72.1 Å². The molecular weight excluding hydrogens is 378 g/mol. The van der Waals surface area contributed by atoms with E-state index in [0.29, 0.717) is 29.4 Å². The van der Waals surface area contributed by atoms with Gasteiger partial charge in [0.1, 0.15) is 12.2 Å². The lowest BCUT2D eigenvalue weighted by atomic mass is 10.1. The van der Waals surface area contributed by atoms with Crippen LogP contribution in [0.3, 0.4) is 0 Å². The van der Waals surface area contributed by atoms with Crippen LogP contribution in [0.4, 0.5) is 5.82 Å². The third kappa shape index (κ3) is 3.22. The Balaban J connectivity index is 1.77.